The van der Waals surface area contributed by atoms with Crippen molar-refractivity contribution in [2.75, 3.05) is 25.5 Å². The number of amides is 1. The van der Waals surface area contributed by atoms with Crippen molar-refractivity contribution in [3.63, 3.8) is 0 Å². The van der Waals surface area contributed by atoms with Gasteiger partial charge in [0.25, 0.3) is 0 Å². The van der Waals surface area contributed by atoms with E-state index in [0.29, 0.717) is 0 Å². The van der Waals surface area contributed by atoms with Crippen molar-refractivity contribution in [3.05, 3.63) is 18.2 Å². The van der Waals surface area contributed by atoms with Gasteiger partial charge in [0.15, 0.2) is 11.5 Å². The molecule has 0 saturated heterocycles. The van der Waals surface area contributed by atoms with E-state index in [2.05, 4.69) is 14.8 Å². The van der Waals surface area contributed by atoms with Crippen LogP contribution in [0.1, 0.15) is 6.42 Å². The Morgan fingerprint density at radius 3 is 2.68 bits per heavy atom. The Balaban J connectivity index is 1.89. The minimum Gasteiger partial charge on any atom is -0.481 e. The summed E-state index contributed by atoms with van der Waals surface area (Å²) < 4.78 is 34.3. The number of benzene rings is 1. The second kappa shape index (κ2) is 6.14. The van der Waals surface area contributed by atoms with E-state index in [-0.39, 0.29) is 36.7 Å². The highest BCUT2D eigenvalue weighted by Crippen LogP contribution is 2.42. The Labute approximate surface area is 124 Å². The van der Waals surface area contributed by atoms with Crippen LogP contribution in [0.15, 0.2) is 18.2 Å². The van der Waals surface area contributed by atoms with Gasteiger partial charge in [-0.2, -0.15) is 0 Å². The fourth-order valence-electron chi connectivity index (χ4n) is 1.84. The maximum absolute atomic E-state index is 12.9. The molecule has 0 radical (unpaired) electrons. The molecule has 0 atom stereocenters. The molecule has 0 bridgehead atoms. The minimum absolute atomic E-state index is 0.0299. The normalized spacial score (nSPS) is 14.9. The van der Waals surface area contributed by atoms with Gasteiger partial charge in [-0.15, -0.1) is 8.78 Å². The molecule has 7 nitrogen and oxygen atoms in total. The van der Waals surface area contributed by atoms with Crippen LogP contribution in [0.3, 0.4) is 0 Å². The lowest BCUT2D eigenvalue weighted by Gasteiger charge is -2.15. The van der Waals surface area contributed by atoms with Gasteiger partial charge < -0.3 is 19.9 Å². The molecule has 0 saturated carbocycles. The van der Waals surface area contributed by atoms with E-state index in [0.717, 1.165) is 0 Å². The van der Waals surface area contributed by atoms with Crippen molar-refractivity contribution >= 4 is 17.6 Å². The summed E-state index contributed by atoms with van der Waals surface area (Å²) in [5.74, 6) is -1.63. The van der Waals surface area contributed by atoms with Crippen LogP contribution in [0.2, 0.25) is 0 Å². The maximum atomic E-state index is 12.9. The van der Waals surface area contributed by atoms with E-state index >= 15 is 0 Å². The third-order valence-electron chi connectivity index (χ3n) is 2.81. The van der Waals surface area contributed by atoms with Crippen LogP contribution >= 0.6 is 0 Å². The van der Waals surface area contributed by atoms with E-state index in [9.17, 15) is 18.4 Å². The Kier molecular flexibility index (Phi) is 4.45. The number of fused-ring (bicyclic) bond motifs is 1. The zero-order valence-corrected chi connectivity index (χ0v) is 11.6. The molecule has 0 unspecified atom stereocenters. The summed E-state index contributed by atoms with van der Waals surface area (Å²) in [6.45, 7) is 0.188. The molecule has 1 amide bonds. The van der Waals surface area contributed by atoms with Gasteiger partial charge in [0, 0.05) is 18.3 Å². The standard InChI is InChI=1S/C13H14F2N2O5/c1-17(5-4-12(19)20)7-11(18)16-8-2-3-9-10(6-8)22-13(14,15)21-9/h2-3,6H,4-5,7H2,1H3,(H,16,18)(H,19,20). The van der Waals surface area contributed by atoms with Crippen molar-refractivity contribution in [3.8, 4) is 11.5 Å². The first-order valence-corrected chi connectivity index (χ1v) is 6.35. The summed E-state index contributed by atoms with van der Waals surface area (Å²) in [7, 11) is 1.60. The van der Waals surface area contributed by atoms with Gasteiger partial charge in [0.05, 0.1) is 13.0 Å². The molecule has 1 aromatic rings. The topological polar surface area (TPSA) is 88.1 Å². The van der Waals surface area contributed by atoms with E-state index in [1.54, 1.807) is 7.05 Å². The number of nitrogens with zero attached hydrogens (tertiary/aromatic N) is 1. The number of alkyl halides is 2. The van der Waals surface area contributed by atoms with E-state index < -0.39 is 18.2 Å². The molecule has 1 aliphatic heterocycles. The van der Waals surface area contributed by atoms with Crippen LogP contribution < -0.4 is 14.8 Å². The Morgan fingerprint density at radius 2 is 2.00 bits per heavy atom. The van der Waals surface area contributed by atoms with Crippen LogP contribution in [-0.4, -0.2) is 48.3 Å². The van der Waals surface area contributed by atoms with Crippen molar-refractivity contribution < 1.29 is 33.0 Å². The highest BCUT2D eigenvalue weighted by molar-refractivity contribution is 5.92. The summed E-state index contributed by atoms with van der Waals surface area (Å²) in [4.78, 5) is 23.7. The number of anilines is 1. The van der Waals surface area contributed by atoms with Crippen LogP contribution in [0.25, 0.3) is 0 Å². The van der Waals surface area contributed by atoms with E-state index in [1.165, 1.54) is 23.1 Å². The average Bonchev–Trinajstić information content (AvgIpc) is 2.69. The number of carboxylic acid groups (broad SMARTS) is 1. The monoisotopic (exact) mass is 316 g/mol. The number of halogens is 2. The maximum Gasteiger partial charge on any atom is 0.586 e. The first-order chi connectivity index (χ1) is 10.2. The lowest BCUT2D eigenvalue weighted by atomic mass is 10.2. The quantitative estimate of drug-likeness (QED) is 0.824. The predicted octanol–water partition coefficient (Wildman–Crippen LogP) is 1.35. The molecule has 0 fully saturated rings. The number of hydrogen-bond donors (Lipinski definition) is 2. The van der Waals surface area contributed by atoms with E-state index in [4.69, 9.17) is 5.11 Å². The molecule has 1 aromatic carbocycles. The second-order valence-corrected chi connectivity index (χ2v) is 4.76. The number of ether oxygens (including phenoxy) is 2. The summed E-state index contributed by atoms with van der Waals surface area (Å²) in [5, 5.41) is 11.1. The van der Waals surface area contributed by atoms with Gasteiger partial charge in [-0.05, 0) is 19.2 Å². The number of carboxylic acids is 1. The van der Waals surface area contributed by atoms with Crippen molar-refractivity contribution in [1.29, 1.82) is 0 Å². The first kappa shape index (κ1) is 16.0. The lowest BCUT2D eigenvalue weighted by Crippen LogP contribution is -2.31. The first-order valence-electron chi connectivity index (χ1n) is 6.35. The molecule has 1 aliphatic rings. The van der Waals surface area contributed by atoms with Gasteiger partial charge in [0.2, 0.25) is 5.91 Å². The fraction of sp³-hybridized carbons (Fsp3) is 0.385. The number of rotatable bonds is 6. The molecular weight excluding hydrogens is 302 g/mol. The van der Waals surface area contributed by atoms with Crippen LogP contribution in [0.4, 0.5) is 14.5 Å². The SMILES string of the molecule is CN(CCC(=O)O)CC(=O)Nc1ccc2c(c1)OC(F)(F)O2. The largest absolute Gasteiger partial charge is 0.586 e. The molecule has 2 rings (SSSR count). The van der Waals surface area contributed by atoms with Gasteiger partial charge in [-0.25, -0.2) is 0 Å². The molecule has 2 N–H and O–H groups in total. The number of hydrogen-bond acceptors (Lipinski definition) is 5. The fourth-order valence-corrected chi connectivity index (χ4v) is 1.84. The highest BCUT2D eigenvalue weighted by Gasteiger charge is 2.43. The van der Waals surface area contributed by atoms with Gasteiger partial charge >= 0.3 is 12.3 Å². The minimum atomic E-state index is -3.71. The average molecular weight is 316 g/mol. The number of carbonyl (C=O) groups is 2. The summed E-state index contributed by atoms with van der Waals surface area (Å²) >= 11 is 0. The molecule has 1 heterocycles. The van der Waals surface area contributed by atoms with Gasteiger partial charge in [0.1, 0.15) is 0 Å². The molecule has 9 heteroatoms. The summed E-state index contributed by atoms with van der Waals surface area (Å²) in [6.07, 6.45) is -3.79. The summed E-state index contributed by atoms with van der Waals surface area (Å²) in [5.41, 5.74) is 0.275. The Bertz CT molecular complexity index is 594. The third kappa shape index (κ3) is 4.29. The second-order valence-electron chi connectivity index (χ2n) is 4.76. The number of nitrogens with one attached hydrogen (secondary N) is 1. The molecule has 0 spiro atoms. The third-order valence-corrected chi connectivity index (χ3v) is 2.81. The number of carbonyl (C=O) groups excluding carboxylic acids is 1. The van der Waals surface area contributed by atoms with Crippen LogP contribution in [0, 0.1) is 0 Å². The predicted molar refractivity (Wildman–Crippen MR) is 71.0 cm³/mol. The zero-order valence-electron chi connectivity index (χ0n) is 11.6. The lowest BCUT2D eigenvalue weighted by molar-refractivity contribution is -0.286. The molecule has 22 heavy (non-hydrogen) atoms. The molecule has 0 aromatic heterocycles. The van der Waals surface area contributed by atoms with E-state index in [1.807, 2.05) is 0 Å². The Hall–Kier alpha value is -2.42. The van der Waals surface area contributed by atoms with Gasteiger partial charge in [-0.3, -0.25) is 14.5 Å². The molecule has 120 valence electrons. The van der Waals surface area contributed by atoms with Crippen molar-refractivity contribution in [1.82, 2.24) is 4.90 Å². The molecule has 0 aliphatic carbocycles. The van der Waals surface area contributed by atoms with Gasteiger partial charge in [-0.1, -0.05) is 0 Å². The smallest absolute Gasteiger partial charge is 0.481 e. The summed E-state index contributed by atoms with van der Waals surface area (Å²) in [6, 6.07) is 3.89. The molecular formula is C13H14F2N2O5. The van der Waals surface area contributed by atoms with Crippen LogP contribution in [0.5, 0.6) is 11.5 Å². The van der Waals surface area contributed by atoms with Crippen LogP contribution in [-0.2, 0) is 9.59 Å². The van der Waals surface area contributed by atoms with Crippen molar-refractivity contribution in [2.45, 2.75) is 12.7 Å². The Morgan fingerprint density at radius 1 is 1.32 bits per heavy atom. The van der Waals surface area contributed by atoms with Crippen molar-refractivity contribution in [2.24, 2.45) is 0 Å². The highest BCUT2D eigenvalue weighted by atomic mass is 19.3. The number of aliphatic carboxylic acids is 1. The number of likely N-dealkylation sites (N-methyl/N-ethyl adjacent to an activating group) is 1. The zero-order chi connectivity index (χ0) is 16.3.